The molecule has 1 N–H and O–H groups in total. The molecule has 0 spiro atoms. The Bertz CT molecular complexity index is 228. The molecule has 1 aromatic heterocycles. The van der Waals surface area contributed by atoms with Gasteiger partial charge in [-0.05, 0) is 19.9 Å². The van der Waals surface area contributed by atoms with Crippen molar-refractivity contribution in [2.24, 2.45) is 0 Å². The van der Waals surface area contributed by atoms with Crippen molar-refractivity contribution in [1.82, 2.24) is 15.1 Å². The van der Waals surface area contributed by atoms with Gasteiger partial charge in [-0.15, -0.1) is 0 Å². The quantitative estimate of drug-likeness (QED) is 0.650. The predicted octanol–water partition coefficient (Wildman–Crippen LogP) is 0.849. The zero-order valence-electron chi connectivity index (χ0n) is 6.61. The molecule has 1 rings (SSSR count). The average molecular weight is 153 g/mol. The van der Waals surface area contributed by atoms with Crippen LogP contribution in [0.25, 0.3) is 0 Å². The summed E-state index contributed by atoms with van der Waals surface area (Å²) in [6, 6.07) is 1.66. The van der Waals surface area contributed by atoms with E-state index in [9.17, 15) is 4.79 Å². The Kier molecular flexibility index (Phi) is 2.25. The smallest absolute Gasteiger partial charge is 0.334 e. The second-order valence-electron chi connectivity index (χ2n) is 2.55. The first-order valence-electron chi connectivity index (χ1n) is 3.50. The normalized spacial score (nSPS) is 10.1. The van der Waals surface area contributed by atoms with E-state index in [0.29, 0.717) is 0 Å². The van der Waals surface area contributed by atoms with Crippen molar-refractivity contribution in [3.63, 3.8) is 0 Å². The van der Waals surface area contributed by atoms with Crippen LogP contribution in [0.15, 0.2) is 18.5 Å². The summed E-state index contributed by atoms with van der Waals surface area (Å²) in [6.45, 7) is 3.81. The highest BCUT2D eigenvalue weighted by atomic mass is 16.2. The number of carbonyl (C=O) groups is 1. The molecule has 0 saturated heterocycles. The molecule has 0 unspecified atom stereocenters. The van der Waals surface area contributed by atoms with Crippen LogP contribution in [0.2, 0.25) is 0 Å². The fourth-order valence-electron chi connectivity index (χ4n) is 0.702. The van der Waals surface area contributed by atoms with Crippen LogP contribution in [0.3, 0.4) is 0 Å². The summed E-state index contributed by atoms with van der Waals surface area (Å²) >= 11 is 0. The van der Waals surface area contributed by atoms with Gasteiger partial charge in [0.1, 0.15) is 0 Å². The van der Waals surface area contributed by atoms with Crippen LogP contribution in [0, 0.1) is 0 Å². The van der Waals surface area contributed by atoms with Crippen LogP contribution >= 0.6 is 0 Å². The molecule has 0 aromatic carbocycles. The van der Waals surface area contributed by atoms with Crippen LogP contribution in [-0.4, -0.2) is 21.9 Å². The van der Waals surface area contributed by atoms with E-state index in [0.717, 1.165) is 0 Å². The van der Waals surface area contributed by atoms with E-state index < -0.39 is 0 Å². The van der Waals surface area contributed by atoms with Gasteiger partial charge in [0.15, 0.2) is 0 Å². The molecular formula is C7H11N3O. The van der Waals surface area contributed by atoms with Gasteiger partial charge in [-0.1, -0.05) is 0 Å². The van der Waals surface area contributed by atoms with Crippen molar-refractivity contribution < 1.29 is 4.79 Å². The number of rotatable bonds is 1. The maximum Gasteiger partial charge on any atom is 0.342 e. The largest absolute Gasteiger partial charge is 0.342 e. The van der Waals surface area contributed by atoms with Crippen LogP contribution in [0.4, 0.5) is 4.79 Å². The lowest BCUT2D eigenvalue weighted by Crippen LogP contribution is -2.34. The average Bonchev–Trinajstić information content (AvgIpc) is 2.35. The fraction of sp³-hybridized carbons (Fsp3) is 0.429. The summed E-state index contributed by atoms with van der Waals surface area (Å²) in [5.41, 5.74) is 0. The molecule has 0 saturated carbocycles. The van der Waals surface area contributed by atoms with Gasteiger partial charge in [0, 0.05) is 18.4 Å². The monoisotopic (exact) mass is 153 g/mol. The molecule has 0 atom stereocenters. The second kappa shape index (κ2) is 3.18. The van der Waals surface area contributed by atoms with Crippen LogP contribution in [-0.2, 0) is 0 Å². The van der Waals surface area contributed by atoms with Gasteiger partial charge in [0.05, 0.1) is 0 Å². The number of amides is 1. The highest BCUT2D eigenvalue weighted by molar-refractivity contribution is 5.75. The summed E-state index contributed by atoms with van der Waals surface area (Å²) in [7, 11) is 0. The fourth-order valence-corrected chi connectivity index (χ4v) is 0.702. The van der Waals surface area contributed by atoms with Crippen LogP contribution in [0.1, 0.15) is 13.8 Å². The van der Waals surface area contributed by atoms with Gasteiger partial charge in [-0.2, -0.15) is 9.78 Å². The SMILES string of the molecule is CC(C)NC(=O)n1cccn1. The van der Waals surface area contributed by atoms with Crippen molar-refractivity contribution in [3.05, 3.63) is 18.5 Å². The molecule has 0 bridgehead atoms. The predicted molar refractivity (Wildman–Crippen MR) is 41.3 cm³/mol. The zero-order chi connectivity index (χ0) is 8.27. The molecule has 0 aliphatic carbocycles. The molecule has 1 heterocycles. The molecule has 0 aliphatic heterocycles. The molecule has 0 radical (unpaired) electrons. The summed E-state index contributed by atoms with van der Waals surface area (Å²) < 4.78 is 1.26. The van der Waals surface area contributed by atoms with Gasteiger partial charge in [-0.25, -0.2) is 4.79 Å². The maximum atomic E-state index is 11.1. The summed E-state index contributed by atoms with van der Waals surface area (Å²) in [5.74, 6) is 0. The standard InChI is InChI=1S/C7H11N3O/c1-6(2)9-7(11)10-5-3-4-8-10/h3-6H,1-2H3,(H,9,11). The van der Waals surface area contributed by atoms with E-state index in [1.54, 1.807) is 18.5 Å². The summed E-state index contributed by atoms with van der Waals surface area (Å²) in [5, 5.41) is 6.48. The molecule has 1 amide bonds. The second-order valence-corrected chi connectivity index (χ2v) is 2.55. The van der Waals surface area contributed by atoms with Crippen molar-refractivity contribution in [2.75, 3.05) is 0 Å². The third kappa shape index (κ3) is 2.07. The minimum Gasteiger partial charge on any atom is -0.334 e. The minimum atomic E-state index is -0.190. The highest BCUT2D eigenvalue weighted by Crippen LogP contribution is 1.85. The molecule has 60 valence electrons. The molecule has 0 aliphatic rings. The Hall–Kier alpha value is -1.32. The van der Waals surface area contributed by atoms with Crippen molar-refractivity contribution in [3.8, 4) is 0 Å². The Morgan fingerprint density at radius 3 is 2.82 bits per heavy atom. The lowest BCUT2D eigenvalue weighted by Gasteiger charge is -2.06. The first kappa shape index (κ1) is 7.78. The van der Waals surface area contributed by atoms with Crippen molar-refractivity contribution >= 4 is 6.03 Å². The van der Waals surface area contributed by atoms with Gasteiger partial charge >= 0.3 is 6.03 Å². The van der Waals surface area contributed by atoms with Crippen LogP contribution in [0.5, 0.6) is 0 Å². The molecule has 4 heteroatoms. The first-order chi connectivity index (χ1) is 5.20. The van der Waals surface area contributed by atoms with Gasteiger partial charge in [-0.3, -0.25) is 0 Å². The van der Waals surface area contributed by atoms with Gasteiger partial charge in [0.2, 0.25) is 0 Å². The Labute approximate surface area is 65.2 Å². The van der Waals surface area contributed by atoms with E-state index in [1.807, 2.05) is 13.8 Å². The third-order valence-electron chi connectivity index (χ3n) is 1.12. The third-order valence-corrected chi connectivity index (χ3v) is 1.12. The topological polar surface area (TPSA) is 46.9 Å². The van der Waals surface area contributed by atoms with Crippen molar-refractivity contribution in [2.45, 2.75) is 19.9 Å². The molecular weight excluding hydrogens is 142 g/mol. The van der Waals surface area contributed by atoms with Gasteiger partial charge in [0.25, 0.3) is 0 Å². The summed E-state index contributed by atoms with van der Waals surface area (Å²) in [6.07, 6.45) is 3.18. The number of aromatic nitrogens is 2. The lowest BCUT2D eigenvalue weighted by atomic mass is 10.4. The molecule has 1 aromatic rings. The molecule has 0 fully saturated rings. The van der Waals surface area contributed by atoms with E-state index in [2.05, 4.69) is 10.4 Å². The minimum absolute atomic E-state index is 0.145. The molecule has 4 nitrogen and oxygen atoms in total. The van der Waals surface area contributed by atoms with Crippen molar-refractivity contribution in [1.29, 1.82) is 0 Å². The maximum absolute atomic E-state index is 11.1. The Morgan fingerprint density at radius 1 is 1.64 bits per heavy atom. The highest BCUT2D eigenvalue weighted by Gasteiger charge is 2.03. The van der Waals surface area contributed by atoms with Gasteiger partial charge < -0.3 is 5.32 Å². The zero-order valence-corrected chi connectivity index (χ0v) is 6.61. The number of nitrogens with zero attached hydrogens (tertiary/aromatic N) is 2. The van der Waals surface area contributed by atoms with Crippen LogP contribution < -0.4 is 5.32 Å². The Balaban J connectivity index is 2.57. The van der Waals surface area contributed by atoms with E-state index in [1.165, 1.54) is 4.68 Å². The Morgan fingerprint density at radius 2 is 2.36 bits per heavy atom. The van der Waals surface area contributed by atoms with E-state index in [4.69, 9.17) is 0 Å². The molecule has 11 heavy (non-hydrogen) atoms. The number of hydrogen-bond acceptors (Lipinski definition) is 2. The lowest BCUT2D eigenvalue weighted by molar-refractivity contribution is 0.237. The number of carbonyl (C=O) groups excluding carboxylic acids is 1. The number of hydrogen-bond donors (Lipinski definition) is 1. The van der Waals surface area contributed by atoms with E-state index in [-0.39, 0.29) is 12.1 Å². The van der Waals surface area contributed by atoms with E-state index >= 15 is 0 Å². The first-order valence-corrected chi connectivity index (χ1v) is 3.50. The summed E-state index contributed by atoms with van der Waals surface area (Å²) in [4.78, 5) is 11.1. The number of nitrogens with one attached hydrogen (secondary N) is 1.